The standard InChI is InChI=1S/C19H31NO6/c1-8-10-24-16(21)15(17(22)25-11-9-2)26-14-12-18(3,4)20(23-7)19(5,6)13-14/h8-9,14-15H,1-2,10-13H2,3-7H3. The number of hydrogen-bond donors (Lipinski definition) is 0. The molecular weight excluding hydrogens is 338 g/mol. The Morgan fingerprint density at radius 1 is 1.04 bits per heavy atom. The molecule has 0 N–H and O–H groups in total. The van der Waals surface area contributed by atoms with Crippen LogP contribution in [0.2, 0.25) is 0 Å². The summed E-state index contributed by atoms with van der Waals surface area (Å²) < 4.78 is 15.9. The van der Waals surface area contributed by atoms with Crippen LogP contribution in [0, 0.1) is 0 Å². The minimum absolute atomic E-state index is 0.00740. The highest BCUT2D eigenvalue weighted by atomic mass is 16.7. The smallest absolute Gasteiger partial charge is 0.347 e. The molecule has 0 radical (unpaired) electrons. The molecule has 0 aromatic carbocycles. The Balaban J connectivity index is 2.95. The van der Waals surface area contributed by atoms with Crippen molar-refractivity contribution in [3.63, 3.8) is 0 Å². The van der Waals surface area contributed by atoms with E-state index in [1.807, 2.05) is 32.8 Å². The Kier molecular flexibility index (Phi) is 7.99. The maximum atomic E-state index is 12.3. The van der Waals surface area contributed by atoms with Crippen LogP contribution in [-0.2, 0) is 28.6 Å². The molecule has 0 amide bonds. The summed E-state index contributed by atoms with van der Waals surface area (Å²) in [6.45, 7) is 15.1. The van der Waals surface area contributed by atoms with Crippen molar-refractivity contribution in [2.24, 2.45) is 0 Å². The molecule has 7 heteroatoms. The van der Waals surface area contributed by atoms with E-state index in [1.165, 1.54) is 12.2 Å². The molecule has 1 heterocycles. The molecule has 26 heavy (non-hydrogen) atoms. The first-order valence-electron chi connectivity index (χ1n) is 8.64. The molecule has 7 nitrogen and oxygen atoms in total. The van der Waals surface area contributed by atoms with Crippen molar-refractivity contribution in [3.05, 3.63) is 25.3 Å². The number of carbonyl (C=O) groups is 2. The SMILES string of the molecule is C=CCOC(=O)C(OC1CC(C)(C)N(OC)C(C)(C)C1)C(=O)OCC=C. The van der Waals surface area contributed by atoms with Crippen LogP contribution < -0.4 is 0 Å². The molecule has 1 saturated heterocycles. The Bertz CT molecular complexity index is 486. The monoisotopic (exact) mass is 369 g/mol. The molecule has 0 aromatic rings. The number of esters is 2. The third-order valence-electron chi connectivity index (χ3n) is 4.18. The van der Waals surface area contributed by atoms with E-state index in [-0.39, 0.29) is 30.4 Å². The normalized spacial score (nSPS) is 19.8. The van der Waals surface area contributed by atoms with Gasteiger partial charge in [0.25, 0.3) is 6.10 Å². The molecule has 0 aliphatic carbocycles. The lowest BCUT2D eigenvalue weighted by molar-refractivity contribution is -0.282. The largest absolute Gasteiger partial charge is 0.459 e. The minimum Gasteiger partial charge on any atom is -0.459 e. The van der Waals surface area contributed by atoms with Gasteiger partial charge in [-0.15, -0.1) is 0 Å². The van der Waals surface area contributed by atoms with Gasteiger partial charge in [-0.1, -0.05) is 25.3 Å². The van der Waals surface area contributed by atoms with Crippen LogP contribution in [0.25, 0.3) is 0 Å². The van der Waals surface area contributed by atoms with Crippen LogP contribution >= 0.6 is 0 Å². The third-order valence-corrected chi connectivity index (χ3v) is 4.18. The Labute approximate surface area is 155 Å². The number of ether oxygens (including phenoxy) is 3. The first-order chi connectivity index (χ1) is 12.1. The summed E-state index contributed by atoms with van der Waals surface area (Å²) in [5.74, 6) is -1.58. The molecule has 0 bridgehead atoms. The van der Waals surface area contributed by atoms with Crippen molar-refractivity contribution in [3.8, 4) is 0 Å². The predicted molar refractivity (Wildman–Crippen MR) is 97.2 cm³/mol. The van der Waals surface area contributed by atoms with Crippen LogP contribution in [0.1, 0.15) is 40.5 Å². The molecule has 0 saturated carbocycles. The fraction of sp³-hybridized carbons (Fsp3) is 0.684. The van der Waals surface area contributed by atoms with Gasteiger partial charge in [-0.25, -0.2) is 9.59 Å². The van der Waals surface area contributed by atoms with Gasteiger partial charge in [0.15, 0.2) is 0 Å². The van der Waals surface area contributed by atoms with E-state index in [0.717, 1.165) is 0 Å². The number of rotatable bonds is 9. The zero-order chi connectivity index (χ0) is 20.0. The van der Waals surface area contributed by atoms with E-state index in [2.05, 4.69) is 13.2 Å². The second kappa shape index (κ2) is 9.30. The van der Waals surface area contributed by atoms with Crippen molar-refractivity contribution in [2.75, 3.05) is 20.3 Å². The highest BCUT2D eigenvalue weighted by Gasteiger charge is 2.48. The average Bonchev–Trinajstić information content (AvgIpc) is 2.53. The van der Waals surface area contributed by atoms with Crippen LogP contribution in [0.5, 0.6) is 0 Å². The molecule has 1 rings (SSSR count). The summed E-state index contributed by atoms with van der Waals surface area (Å²) in [6, 6.07) is 0. The summed E-state index contributed by atoms with van der Waals surface area (Å²) in [7, 11) is 1.63. The predicted octanol–water partition coefficient (Wildman–Crippen LogP) is 2.41. The Hall–Kier alpha value is -1.70. The van der Waals surface area contributed by atoms with Crippen LogP contribution in [0.3, 0.4) is 0 Å². The van der Waals surface area contributed by atoms with Crippen molar-refractivity contribution in [2.45, 2.75) is 63.8 Å². The Morgan fingerprint density at radius 2 is 1.46 bits per heavy atom. The summed E-state index contributed by atoms with van der Waals surface area (Å²) in [6.07, 6.45) is 2.21. The second-order valence-electron chi connectivity index (χ2n) is 7.49. The maximum absolute atomic E-state index is 12.3. The minimum atomic E-state index is -1.44. The van der Waals surface area contributed by atoms with E-state index >= 15 is 0 Å². The van der Waals surface area contributed by atoms with Crippen molar-refractivity contribution >= 4 is 11.9 Å². The van der Waals surface area contributed by atoms with Gasteiger partial charge in [0, 0.05) is 11.1 Å². The Morgan fingerprint density at radius 3 is 1.81 bits per heavy atom. The zero-order valence-electron chi connectivity index (χ0n) is 16.4. The highest BCUT2D eigenvalue weighted by molar-refractivity contribution is 5.98. The summed E-state index contributed by atoms with van der Waals surface area (Å²) in [5.41, 5.74) is -0.691. The lowest BCUT2D eigenvalue weighted by Crippen LogP contribution is -2.62. The van der Waals surface area contributed by atoms with Gasteiger partial charge in [-0.05, 0) is 40.5 Å². The third kappa shape index (κ3) is 5.65. The number of hydrogen-bond acceptors (Lipinski definition) is 7. The molecular formula is C19H31NO6. The quantitative estimate of drug-likeness (QED) is 0.351. The molecule has 0 unspecified atom stereocenters. The van der Waals surface area contributed by atoms with Crippen molar-refractivity contribution in [1.29, 1.82) is 0 Å². The first-order valence-corrected chi connectivity index (χ1v) is 8.64. The molecule has 0 atom stereocenters. The molecule has 0 aromatic heterocycles. The topological polar surface area (TPSA) is 74.3 Å². The average molecular weight is 369 g/mol. The lowest BCUT2D eigenvalue weighted by Gasteiger charge is -2.53. The molecule has 1 fully saturated rings. The van der Waals surface area contributed by atoms with E-state index < -0.39 is 18.0 Å². The van der Waals surface area contributed by atoms with E-state index in [4.69, 9.17) is 19.0 Å². The second-order valence-corrected chi connectivity index (χ2v) is 7.49. The number of carbonyl (C=O) groups excluding carboxylic acids is 2. The van der Waals surface area contributed by atoms with Gasteiger partial charge in [0.05, 0.1) is 13.2 Å². The van der Waals surface area contributed by atoms with Gasteiger partial charge in [-0.2, -0.15) is 5.06 Å². The van der Waals surface area contributed by atoms with Gasteiger partial charge >= 0.3 is 11.9 Å². The fourth-order valence-electron chi connectivity index (χ4n) is 3.60. The summed E-state index contributed by atoms with van der Waals surface area (Å²) in [5, 5.41) is 1.92. The van der Waals surface area contributed by atoms with Crippen LogP contribution in [-0.4, -0.2) is 60.6 Å². The molecule has 148 valence electrons. The first kappa shape index (κ1) is 22.3. The van der Waals surface area contributed by atoms with Gasteiger partial charge in [-0.3, -0.25) is 0 Å². The molecule has 1 aliphatic rings. The van der Waals surface area contributed by atoms with Gasteiger partial charge in [0.2, 0.25) is 0 Å². The van der Waals surface area contributed by atoms with Crippen molar-refractivity contribution < 1.29 is 28.6 Å². The number of hydroxylamine groups is 2. The fourth-order valence-corrected chi connectivity index (χ4v) is 3.60. The zero-order valence-corrected chi connectivity index (χ0v) is 16.4. The van der Waals surface area contributed by atoms with Gasteiger partial charge < -0.3 is 19.0 Å². The molecule has 1 aliphatic heterocycles. The maximum Gasteiger partial charge on any atom is 0.347 e. The number of piperidine rings is 1. The van der Waals surface area contributed by atoms with Crippen LogP contribution in [0.15, 0.2) is 25.3 Å². The summed E-state index contributed by atoms with van der Waals surface area (Å²) in [4.78, 5) is 30.1. The highest BCUT2D eigenvalue weighted by Crippen LogP contribution is 2.39. The lowest BCUT2D eigenvalue weighted by atomic mass is 9.80. The van der Waals surface area contributed by atoms with E-state index in [1.54, 1.807) is 7.11 Å². The number of nitrogens with zero attached hydrogens (tertiary/aromatic N) is 1. The van der Waals surface area contributed by atoms with Crippen LogP contribution in [0.4, 0.5) is 0 Å². The van der Waals surface area contributed by atoms with Crippen molar-refractivity contribution in [1.82, 2.24) is 5.06 Å². The van der Waals surface area contributed by atoms with E-state index in [9.17, 15) is 9.59 Å². The van der Waals surface area contributed by atoms with Gasteiger partial charge in [0.1, 0.15) is 13.2 Å². The van der Waals surface area contributed by atoms with E-state index in [0.29, 0.717) is 12.8 Å². The summed E-state index contributed by atoms with van der Waals surface area (Å²) >= 11 is 0. The molecule has 0 spiro atoms.